The second-order valence-electron chi connectivity index (χ2n) is 8.09. The molecule has 9 nitrogen and oxygen atoms in total. The van der Waals surface area contributed by atoms with Crippen molar-refractivity contribution in [3.05, 3.63) is 71.4 Å². The summed E-state index contributed by atoms with van der Waals surface area (Å²) in [5, 5.41) is 12.6. The molecule has 4 aromatic rings. The molecule has 1 amide bonds. The molecule has 2 heterocycles. The number of aromatic nitrogens is 3. The Morgan fingerprint density at radius 3 is 2.78 bits per heavy atom. The van der Waals surface area contributed by atoms with E-state index in [0.29, 0.717) is 18.7 Å². The third kappa shape index (κ3) is 5.97. The van der Waals surface area contributed by atoms with Crippen LogP contribution in [-0.2, 0) is 21.2 Å². The lowest BCUT2D eigenvalue weighted by atomic mass is 10.1. The zero-order valence-electron chi connectivity index (χ0n) is 19.6. The smallest absolute Gasteiger partial charge is 0.268 e. The maximum atomic E-state index is 12.7. The summed E-state index contributed by atoms with van der Waals surface area (Å²) >= 11 is 0.731. The highest BCUT2D eigenvalue weighted by Gasteiger charge is 2.18. The topological polar surface area (TPSA) is 127 Å². The van der Waals surface area contributed by atoms with Gasteiger partial charge in [0.15, 0.2) is 0 Å². The van der Waals surface area contributed by atoms with Crippen LogP contribution in [0.5, 0.6) is 5.75 Å². The fourth-order valence-electron chi connectivity index (χ4n) is 3.59. The Labute approximate surface area is 212 Å². The third-order valence-corrected chi connectivity index (χ3v) is 6.84. The normalized spacial score (nSPS) is 11.9. The van der Waals surface area contributed by atoms with Gasteiger partial charge in [0.1, 0.15) is 17.4 Å². The predicted octanol–water partition coefficient (Wildman–Crippen LogP) is 4.22. The van der Waals surface area contributed by atoms with Gasteiger partial charge in [-0.3, -0.25) is 10.1 Å². The van der Waals surface area contributed by atoms with Crippen LogP contribution in [0.4, 0.5) is 5.13 Å². The zero-order chi connectivity index (χ0) is 25.7. The monoisotopic (exact) mass is 521 g/mol. The third-order valence-electron chi connectivity index (χ3n) is 5.25. The first-order chi connectivity index (χ1) is 17.2. The van der Waals surface area contributed by atoms with Crippen LogP contribution in [0, 0.1) is 18.3 Å². The van der Waals surface area contributed by atoms with Gasteiger partial charge < -0.3 is 9.30 Å². The number of ether oxygens (including phenoxy) is 1. The first kappa shape index (κ1) is 25.1. The van der Waals surface area contributed by atoms with Gasteiger partial charge in [-0.2, -0.15) is 14.6 Å². The van der Waals surface area contributed by atoms with Crippen molar-refractivity contribution in [1.82, 2.24) is 13.9 Å². The van der Waals surface area contributed by atoms with E-state index in [1.54, 1.807) is 0 Å². The summed E-state index contributed by atoms with van der Waals surface area (Å²) in [5.41, 5.74) is 2.68. The van der Waals surface area contributed by atoms with Crippen molar-refractivity contribution < 1.29 is 17.9 Å². The number of nitrogens with one attached hydrogen (secondary N) is 1. The number of carbonyl (C=O) groups excluding carboxylic acids is 1. The second-order valence-corrected chi connectivity index (χ2v) is 10.8. The van der Waals surface area contributed by atoms with E-state index in [1.807, 2.05) is 67.7 Å². The van der Waals surface area contributed by atoms with Crippen molar-refractivity contribution >= 4 is 49.4 Å². The molecule has 0 radical (unpaired) electrons. The first-order valence-corrected chi connectivity index (χ1v) is 13.7. The number of rotatable bonds is 9. The SMILES string of the molecule is Cc1cccc(OCCCn2cc(C=C(C#N)C(=O)Nc3nc(S(C)(=O)=O)ns3)c3ccccc32)c1. The van der Waals surface area contributed by atoms with E-state index in [9.17, 15) is 18.5 Å². The van der Waals surface area contributed by atoms with Gasteiger partial charge in [-0.05, 0) is 43.2 Å². The lowest BCUT2D eigenvalue weighted by Gasteiger charge is -2.08. The number of benzene rings is 2. The van der Waals surface area contributed by atoms with Crippen LogP contribution in [0.25, 0.3) is 17.0 Å². The number of aryl methyl sites for hydroxylation is 2. The van der Waals surface area contributed by atoms with Crippen LogP contribution in [-0.4, -0.2) is 41.1 Å². The van der Waals surface area contributed by atoms with Crippen LogP contribution in [0.15, 0.2) is 65.5 Å². The van der Waals surface area contributed by atoms with E-state index >= 15 is 0 Å². The summed E-state index contributed by atoms with van der Waals surface area (Å²) in [4.78, 5) is 16.5. The highest BCUT2D eigenvalue weighted by atomic mass is 32.2. The van der Waals surface area contributed by atoms with Crippen LogP contribution in [0.1, 0.15) is 17.5 Å². The average molecular weight is 522 g/mol. The van der Waals surface area contributed by atoms with Gasteiger partial charge in [-0.1, -0.05) is 30.3 Å². The van der Waals surface area contributed by atoms with Gasteiger partial charge >= 0.3 is 0 Å². The van der Waals surface area contributed by atoms with Crippen LogP contribution in [0.3, 0.4) is 0 Å². The molecule has 11 heteroatoms. The van der Waals surface area contributed by atoms with E-state index in [4.69, 9.17) is 4.74 Å². The van der Waals surface area contributed by atoms with Gasteiger partial charge in [0.2, 0.25) is 15.0 Å². The average Bonchev–Trinajstić information content (AvgIpc) is 3.45. The Hall–Kier alpha value is -4.01. The molecule has 4 rings (SSSR count). The molecule has 0 saturated carbocycles. The molecular formula is C25H23N5O4S2. The summed E-state index contributed by atoms with van der Waals surface area (Å²) in [6, 6.07) is 17.5. The van der Waals surface area contributed by atoms with E-state index in [2.05, 4.69) is 19.2 Å². The molecule has 2 aromatic heterocycles. The lowest BCUT2D eigenvalue weighted by Crippen LogP contribution is -2.13. The first-order valence-electron chi connectivity index (χ1n) is 11.0. The highest BCUT2D eigenvalue weighted by Crippen LogP contribution is 2.25. The maximum Gasteiger partial charge on any atom is 0.268 e. The van der Waals surface area contributed by atoms with E-state index in [1.165, 1.54) is 6.08 Å². The molecule has 36 heavy (non-hydrogen) atoms. The summed E-state index contributed by atoms with van der Waals surface area (Å²) in [6.45, 7) is 3.25. The number of nitriles is 1. The van der Waals surface area contributed by atoms with Crippen LogP contribution < -0.4 is 10.1 Å². The Morgan fingerprint density at radius 1 is 1.25 bits per heavy atom. The minimum absolute atomic E-state index is 0.00221. The Kier molecular flexibility index (Phi) is 7.47. The molecule has 2 aromatic carbocycles. The van der Waals surface area contributed by atoms with Crippen molar-refractivity contribution in [3.8, 4) is 11.8 Å². The number of anilines is 1. The van der Waals surface area contributed by atoms with Gasteiger partial charge in [0.05, 0.1) is 6.61 Å². The zero-order valence-corrected chi connectivity index (χ0v) is 21.3. The van der Waals surface area contributed by atoms with Crippen molar-refractivity contribution in [2.45, 2.75) is 25.0 Å². The molecule has 0 bridgehead atoms. The second kappa shape index (κ2) is 10.7. The predicted molar refractivity (Wildman–Crippen MR) is 138 cm³/mol. The number of hydrogen-bond donors (Lipinski definition) is 1. The van der Waals surface area contributed by atoms with Crippen molar-refractivity contribution in [2.75, 3.05) is 18.2 Å². The summed E-state index contributed by atoms with van der Waals surface area (Å²) in [7, 11) is -3.60. The van der Waals surface area contributed by atoms with Gasteiger partial charge in [0.25, 0.3) is 11.1 Å². The minimum Gasteiger partial charge on any atom is -0.494 e. The summed E-state index contributed by atoms with van der Waals surface area (Å²) < 4.78 is 34.8. The molecule has 0 unspecified atom stereocenters. The van der Waals surface area contributed by atoms with E-state index in [-0.39, 0.29) is 15.9 Å². The number of carbonyl (C=O) groups is 1. The molecule has 0 aliphatic rings. The molecule has 0 aliphatic heterocycles. The van der Waals surface area contributed by atoms with Gasteiger partial charge in [0, 0.05) is 47.0 Å². The maximum absolute atomic E-state index is 12.7. The largest absolute Gasteiger partial charge is 0.494 e. The van der Waals surface area contributed by atoms with Gasteiger partial charge in [-0.25, -0.2) is 8.42 Å². The molecule has 0 saturated heterocycles. The Balaban J connectivity index is 1.50. The number of hydrogen-bond acceptors (Lipinski definition) is 8. The number of fused-ring (bicyclic) bond motifs is 1. The lowest BCUT2D eigenvalue weighted by molar-refractivity contribution is -0.112. The summed E-state index contributed by atoms with van der Waals surface area (Å²) in [5.74, 6) is 0.136. The molecule has 184 valence electrons. The van der Waals surface area contributed by atoms with Crippen LogP contribution in [0.2, 0.25) is 0 Å². The van der Waals surface area contributed by atoms with Crippen molar-refractivity contribution in [3.63, 3.8) is 0 Å². The quantitative estimate of drug-likeness (QED) is 0.198. The highest BCUT2D eigenvalue weighted by molar-refractivity contribution is 7.90. The molecule has 0 atom stereocenters. The molecule has 0 aliphatic carbocycles. The van der Waals surface area contributed by atoms with Crippen molar-refractivity contribution in [1.29, 1.82) is 5.26 Å². The van der Waals surface area contributed by atoms with Crippen molar-refractivity contribution in [2.24, 2.45) is 0 Å². The molecule has 1 N–H and O–H groups in total. The minimum atomic E-state index is -3.60. The Morgan fingerprint density at radius 2 is 2.06 bits per heavy atom. The number of para-hydroxylation sites is 1. The number of sulfone groups is 1. The number of amides is 1. The van der Waals surface area contributed by atoms with Crippen LogP contribution >= 0.6 is 11.5 Å². The standard InChI is InChI=1S/C25H23N5O4S2/c1-17-7-5-8-20(13-17)34-12-6-11-30-16-19(21-9-3-4-10-22(21)30)14-18(15-26)23(31)27-24-28-25(29-35-24)36(2,32)33/h3-5,7-10,13-14,16H,6,11-12H2,1-2H3,(H,27,28,29,31). The Bertz CT molecular complexity index is 1600. The fourth-order valence-corrected chi connectivity index (χ4v) is 5.02. The number of nitrogens with zero attached hydrogens (tertiary/aromatic N) is 4. The molecular weight excluding hydrogens is 498 g/mol. The summed E-state index contributed by atoms with van der Waals surface area (Å²) in [6.07, 6.45) is 5.15. The molecule has 0 spiro atoms. The van der Waals surface area contributed by atoms with E-state index in [0.717, 1.165) is 46.4 Å². The fraction of sp³-hybridized carbons (Fsp3) is 0.200. The van der Waals surface area contributed by atoms with E-state index < -0.39 is 15.7 Å². The molecule has 0 fully saturated rings. The van der Waals surface area contributed by atoms with Gasteiger partial charge in [-0.15, -0.1) is 0 Å².